The average molecular weight is 371 g/mol. The van der Waals surface area contributed by atoms with Gasteiger partial charge in [0.2, 0.25) is 5.91 Å². The minimum atomic E-state index is -0.757. The number of nitrogens with zero attached hydrogens (tertiary/aromatic N) is 2. The molecule has 3 saturated heterocycles. The molecule has 3 aliphatic rings. The number of carbonyl (C=O) groups excluding carboxylic acids is 2. The van der Waals surface area contributed by atoms with Crippen molar-refractivity contribution in [2.75, 3.05) is 19.7 Å². The Bertz CT molecular complexity index is 1040. The van der Waals surface area contributed by atoms with Crippen LogP contribution >= 0.6 is 0 Å². The summed E-state index contributed by atoms with van der Waals surface area (Å²) in [5.74, 6) is -1.02. The highest BCUT2D eigenvalue weighted by molar-refractivity contribution is 5.96. The summed E-state index contributed by atoms with van der Waals surface area (Å²) in [5, 5.41) is 0.197. The summed E-state index contributed by atoms with van der Waals surface area (Å²) in [6, 6.07) is 5.02. The van der Waals surface area contributed by atoms with Crippen LogP contribution in [-0.2, 0) is 9.53 Å². The Balaban J connectivity index is 1.54. The van der Waals surface area contributed by atoms with E-state index in [-0.39, 0.29) is 28.9 Å². The van der Waals surface area contributed by atoms with Crippen molar-refractivity contribution < 1.29 is 18.7 Å². The Hall–Kier alpha value is -2.74. The normalized spacial score (nSPS) is 27.1. The number of rotatable bonds is 1. The van der Waals surface area contributed by atoms with E-state index in [2.05, 4.69) is 4.98 Å². The Kier molecular flexibility index (Phi) is 3.42. The Labute approximate surface area is 153 Å². The monoisotopic (exact) mass is 371 g/mol. The zero-order valence-corrected chi connectivity index (χ0v) is 14.5. The van der Waals surface area contributed by atoms with Gasteiger partial charge in [-0.3, -0.25) is 14.4 Å². The summed E-state index contributed by atoms with van der Waals surface area (Å²) in [5.41, 5.74) is -1.14. The molecule has 2 atom stereocenters. The number of benzene rings is 1. The van der Waals surface area contributed by atoms with Crippen LogP contribution in [0.4, 0.5) is 4.39 Å². The van der Waals surface area contributed by atoms with E-state index < -0.39 is 28.9 Å². The number of nitrogens with one attached hydrogen (secondary N) is 1. The minimum Gasteiger partial charge on any atom is -0.353 e. The van der Waals surface area contributed by atoms with Crippen molar-refractivity contribution in [3.05, 3.63) is 46.0 Å². The molecule has 1 aromatic heterocycles. The van der Waals surface area contributed by atoms with E-state index in [0.717, 1.165) is 6.42 Å². The fourth-order valence-electron chi connectivity index (χ4n) is 4.70. The fraction of sp³-hybridized carbons (Fsp3) is 0.421. The number of H-pyrrole nitrogens is 1. The third-order valence-corrected chi connectivity index (χ3v) is 5.92. The van der Waals surface area contributed by atoms with Gasteiger partial charge in [0.1, 0.15) is 11.5 Å². The molecule has 0 aliphatic carbocycles. The van der Waals surface area contributed by atoms with E-state index in [1.54, 1.807) is 9.80 Å². The van der Waals surface area contributed by atoms with Crippen molar-refractivity contribution in [3.63, 3.8) is 0 Å². The number of amides is 2. The van der Waals surface area contributed by atoms with Crippen molar-refractivity contribution in [1.29, 1.82) is 0 Å². The highest BCUT2D eigenvalue weighted by atomic mass is 19.1. The van der Waals surface area contributed by atoms with Crippen LogP contribution in [0.3, 0.4) is 0 Å². The lowest BCUT2D eigenvalue weighted by Gasteiger charge is -2.42. The third kappa shape index (κ3) is 2.19. The quantitative estimate of drug-likeness (QED) is 0.817. The highest BCUT2D eigenvalue weighted by Crippen LogP contribution is 2.45. The smallest absolute Gasteiger partial charge is 0.270 e. The van der Waals surface area contributed by atoms with Crippen LogP contribution in [0.2, 0.25) is 0 Å². The van der Waals surface area contributed by atoms with Crippen LogP contribution < -0.4 is 5.43 Å². The second-order valence-electron chi connectivity index (χ2n) is 7.27. The molecule has 3 fully saturated rings. The van der Waals surface area contributed by atoms with Gasteiger partial charge >= 0.3 is 0 Å². The predicted molar refractivity (Wildman–Crippen MR) is 93.6 cm³/mol. The van der Waals surface area contributed by atoms with Crippen molar-refractivity contribution in [1.82, 2.24) is 14.8 Å². The van der Waals surface area contributed by atoms with E-state index in [9.17, 15) is 18.8 Å². The van der Waals surface area contributed by atoms with Gasteiger partial charge in [0.05, 0.1) is 24.6 Å². The van der Waals surface area contributed by atoms with Crippen LogP contribution in [-0.4, -0.2) is 58.1 Å². The second-order valence-corrected chi connectivity index (χ2v) is 7.27. The lowest BCUT2D eigenvalue weighted by atomic mass is 10.0. The molecular weight excluding hydrogens is 353 g/mol. The number of hydrogen-bond donors (Lipinski definition) is 1. The number of fused-ring (bicyclic) bond motifs is 1. The molecule has 5 rings (SSSR count). The van der Waals surface area contributed by atoms with Gasteiger partial charge in [-0.1, -0.05) is 6.07 Å². The van der Waals surface area contributed by atoms with Crippen molar-refractivity contribution in [3.8, 4) is 0 Å². The Morgan fingerprint density at radius 1 is 1.30 bits per heavy atom. The zero-order chi connectivity index (χ0) is 18.8. The maximum absolute atomic E-state index is 14.1. The van der Waals surface area contributed by atoms with Crippen LogP contribution in [0.5, 0.6) is 0 Å². The molecule has 1 aromatic carbocycles. The molecule has 1 N–H and O–H groups in total. The molecule has 27 heavy (non-hydrogen) atoms. The van der Waals surface area contributed by atoms with Crippen molar-refractivity contribution in [2.24, 2.45) is 0 Å². The SMILES string of the molecule is O=C(c1cc(=O)c2cccc(F)c2[nH]1)N1CC[C@@]23OCCCN2C(=O)C[C@@H]13. The van der Waals surface area contributed by atoms with E-state index in [1.165, 1.54) is 24.3 Å². The summed E-state index contributed by atoms with van der Waals surface area (Å²) in [4.78, 5) is 44.0. The summed E-state index contributed by atoms with van der Waals surface area (Å²) in [7, 11) is 0. The summed E-state index contributed by atoms with van der Waals surface area (Å²) >= 11 is 0. The average Bonchev–Trinajstić information content (AvgIpc) is 3.14. The molecule has 2 aromatic rings. The number of para-hydroxylation sites is 1. The zero-order valence-electron chi connectivity index (χ0n) is 14.5. The van der Waals surface area contributed by atoms with Gasteiger partial charge in [-0.15, -0.1) is 0 Å². The second kappa shape index (κ2) is 5.63. The van der Waals surface area contributed by atoms with Gasteiger partial charge < -0.3 is 19.5 Å². The maximum Gasteiger partial charge on any atom is 0.270 e. The lowest BCUT2D eigenvalue weighted by Crippen LogP contribution is -2.56. The summed E-state index contributed by atoms with van der Waals surface area (Å²) in [6.07, 6.45) is 1.53. The molecule has 8 heteroatoms. The van der Waals surface area contributed by atoms with Gasteiger partial charge in [-0.2, -0.15) is 0 Å². The molecule has 0 unspecified atom stereocenters. The topological polar surface area (TPSA) is 82.7 Å². The number of halogens is 1. The molecule has 2 amide bonds. The van der Waals surface area contributed by atoms with Gasteiger partial charge in [0.25, 0.3) is 5.91 Å². The minimum absolute atomic E-state index is 0.0142. The molecule has 0 radical (unpaired) electrons. The number of hydrogen-bond acceptors (Lipinski definition) is 4. The number of pyridine rings is 1. The van der Waals surface area contributed by atoms with Crippen LogP contribution in [0, 0.1) is 5.82 Å². The molecule has 0 bridgehead atoms. The predicted octanol–water partition coefficient (Wildman–Crippen LogP) is 1.23. The summed E-state index contributed by atoms with van der Waals surface area (Å²) in [6.45, 7) is 1.61. The summed E-state index contributed by atoms with van der Waals surface area (Å²) < 4.78 is 20.1. The van der Waals surface area contributed by atoms with E-state index in [4.69, 9.17) is 4.74 Å². The highest BCUT2D eigenvalue weighted by Gasteiger charge is 2.61. The van der Waals surface area contributed by atoms with Gasteiger partial charge in [0, 0.05) is 31.0 Å². The van der Waals surface area contributed by atoms with Crippen LogP contribution in [0.15, 0.2) is 29.1 Å². The first kappa shape index (κ1) is 16.4. The number of likely N-dealkylation sites (tertiary alicyclic amines) is 1. The van der Waals surface area contributed by atoms with Crippen LogP contribution in [0.1, 0.15) is 29.8 Å². The first-order chi connectivity index (χ1) is 13.0. The molecule has 1 spiro atoms. The lowest BCUT2D eigenvalue weighted by molar-refractivity contribution is -0.179. The number of ether oxygens (including phenoxy) is 1. The Morgan fingerprint density at radius 3 is 3.00 bits per heavy atom. The van der Waals surface area contributed by atoms with E-state index in [1.807, 2.05) is 0 Å². The largest absolute Gasteiger partial charge is 0.353 e. The van der Waals surface area contributed by atoms with Crippen molar-refractivity contribution in [2.45, 2.75) is 31.0 Å². The molecule has 7 nitrogen and oxygen atoms in total. The van der Waals surface area contributed by atoms with Gasteiger partial charge in [-0.25, -0.2) is 4.39 Å². The van der Waals surface area contributed by atoms with Crippen LogP contribution in [0.25, 0.3) is 10.9 Å². The first-order valence-electron chi connectivity index (χ1n) is 9.08. The van der Waals surface area contributed by atoms with E-state index >= 15 is 0 Å². The number of aromatic amines is 1. The van der Waals surface area contributed by atoms with Crippen molar-refractivity contribution >= 4 is 22.7 Å². The maximum atomic E-state index is 14.1. The molecule has 4 heterocycles. The molecule has 0 saturated carbocycles. The molecule has 3 aliphatic heterocycles. The third-order valence-electron chi connectivity index (χ3n) is 5.92. The fourth-order valence-corrected chi connectivity index (χ4v) is 4.70. The standard InChI is InChI=1S/C19H18FN3O4/c20-12-4-1-3-11-14(24)9-13(21-17(11)12)18(26)22-7-5-19-15(22)10-16(25)23(19)6-2-8-27-19/h1,3-4,9,15H,2,5-8,10H2,(H,21,24)/t15-,19+/m1/s1. The number of aromatic nitrogens is 1. The van der Waals surface area contributed by atoms with Gasteiger partial charge in [-0.05, 0) is 18.6 Å². The first-order valence-corrected chi connectivity index (χ1v) is 9.08. The molecule has 140 valence electrons. The van der Waals surface area contributed by atoms with Gasteiger partial charge in [0.15, 0.2) is 11.2 Å². The number of carbonyl (C=O) groups is 2. The van der Waals surface area contributed by atoms with E-state index in [0.29, 0.717) is 26.1 Å². The molecular formula is C19H18FN3O4. The Morgan fingerprint density at radius 2 is 2.15 bits per heavy atom.